The van der Waals surface area contributed by atoms with E-state index in [1.807, 2.05) is 17.0 Å². The van der Waals surface area contributed by atoms with Crippen LogP contribution in [0.1, 0.15) is 25.3 Å². The van der Waals surface area contributed by atoms with Gasteiger partial charge in [0.15, 0.2) is 11.5 Å². The molecule has 0 spiro atoms. The minimum atomic E-state index is -0.280. The van der Waals surface area contributed by atoms with Crippen molar-refractivity contribution >= 4 is 12.0 Å². The average Bonchev–Trinajstić information content (AvgIpc) is 3.24. The summed E-state index contributed by atoms with van der Waals surface area (Å²) in [6.45, 7) is 5.33. The molecule has 1 aromatic rings. The van der Waals surface area contributed by atoms with Gasteiger partial charge in [0.2, 0.25) is 12.7 Å². The van der Waals surface area contributed by atoms with Crippen LogP contribution in [0.4, 0.5) is 4.79 Å². The monoisotopic (exact) mass is 360 g/mol. The van der Waals surface area contributed by atoms with Crippen LogP contribution in [-0.2, 0) is 16.0 Å². The number of ether oxygens (including phenoxy) is 3. The maximum Gasteiger partial charge on any atom is 0.409 e. The Hall–Kier alpha value is -2.44. The smallest absolute Gasteiger partial charge is 0.409 e. The molecule has 0 aliphatic carbocycles. The first-order valence-electron chi connectivity index (χ1n) is 9.10. The van der Waals surface area contributed by atoms with Crippen LogP contribution in [0.2, 0.25) is 0 Å². The number of rotatable bonds is 5. The highest BCUT2D eigenvalue weighted by Gasteiger charge is 2.36. The predicted molar refractivity (Wildman–Crippen MR) is 93.1 cm³/mol. The van der Waals surface area contributed by atoms with Gasteiger partial charge in [0.25, 0.3) is 0 Å². The van der Waals surface area contributed by atoms with Crippen LogP contribution in [0.15, 0.2) is 18.2 Å². The van der Waals surface area contributed by atoms with Gasteiger partial charge in [0.1, 0.15) is 6.61 Å². The van der Waals surface area contributed by atoms with E-state index in [9.17, 15) is 9.59 Å². The van der Waals surface area contributed by atoms with Gasteiger partial charge in [-0.3, -0.25) is 4.79 Å². The topological polar surface area (TPSA) is 68.3 Å². The molecule has 2 fully saturated rings. The molecular formula is C19H24N2O5. The standard InChI is InChI=1S/C19H24N2O5/c1-19(11-14-2-3-15-16(10-14)26-13-25-15)5-4-17(22)21(12-19)7-6-20-8-9-24-18(20)23/h2-3,10H,4-9,11-13H2,1H3/t19-/m0/s1. The van der Waals surface area contributed by atoms with E-state index in [1.54, 1.807) is 4.90 Å². The van der Waals surface area contributed by atoms with Crippen molar-refractivity contribution < 1.29 is 23.8 Å². The third-order valence-corrected chi connectivity index (χ3v) is 5.42. The number of fused-ring (bicyclic) bond motifs is 1. The Bertz CT molecular complexity index is 722. The quantitative estimate of drug-likeness (QED) is 0.804. The molecule has 0 N–H and O–H groups in total. The van der Waals surface area contributed by atoms with Crippen molar-refractivity contribution in [2.75, 3.05) is 39.6 Å². The molecule has 3 aliphatic rings. The van der Waals surface area contributed by atoms with E-state index < -0.39 is 0 Å². The number of cyclic esters (lactones) is 1. The fourth-order valence-electron chi connectivity index (χ4n) is 3.96. The molecule has 0 radical (unpaired) electrons. The summed E-state index contributed by atoms with van der Waals surface area (Å²) in [4.78, 5) is 27.5. The Labute approximate surface area is 152 Å². The van der Waals surface area contributed by atoms with Gasteiger partial charge in [0.05, 0.1) is 6.54 Å². The zero-order valence-corrected chi connectivity index (χ0v) is 15.0. The van der Waals surface area contributed by atoms with Gasteiger partial charge in [-0.1, -0.05) is 13.0 Å². The fraction of sp³-hybridized carbons (Fsp3) is 0.579. The van der Waals surface area contributed by atoms with Crippen molar-refractivity contribution in [2.45, 2.75) is 26.2 Å². The van der Waals surface area contributed by atoms with Crippen molar-refractivity contribution in [3.8, 4) is 11.5 Å². The van der Waals surface area contributed by atoms with Gasteiger partial charge >= 0.3 is 6.09 Å². The van der Waals surface area contributed by atoms with Gasteiger partial charge in [-0.15, -0.1) is 0 Å². The van der Waals surface area contributed by atoms with Gasteiger partial charge in [-0.2, -0.15) is 0 Å². The minimum Gasteiger partial charge on any atom is -0.454 e. The van der Waals surface area contributed by atoms with Crippen molar-refractivity contribution in [1.82, 2.24) is 9.80 Å². The maximum absolute atomic E-state index is 12.3. The molecular weight excluding hydrogens is 336 g/mol. The molecule has 2 amide bonds. The first kappa shape index (κ1) is 17.0. The summed E-state index contributed by atoms with van der Waals surface area (Å²) in [5, 5.41) is 0. The summed E-state index contributed by atoms with van der Waals surface area (Å²) in [7, 11) is 0. The molecule has 26 heavy (non-hydrogen) atoms. The largest absolute Gasteiger partial charge is 0.454 e. The van der Waals surface area contributed by atoms with E-state index in [1.165, 1.54) is 5.56 Å². The molecule has 3 heterocycles. The van der Waals surface area contributed by atoms with Crippen LogP contribution >= 0.6 is 0 Å². The van der Waals surface area contributed by atoms with Crippen LogP contribution in [0, 0.1) is 5.41 Å². The summed E-state index contributed by atoms with van der Waals surface area (Å²) in [6, 6.07) is 6.06. The van der Waals surface area contributed by atoms with Crippen LogP contribution in [0.5, 0.6) is 11.5 Å². The number of piperidine rings is 1. The number of carbonyl (C=O) groups excluding carboxylic acids is 2. The van der Waals surface area contributed by atoms with Crippen LogP contribution in [-0.4, -0.2) is 61.4 Å². The Kier molecular flexibility index (Phi) is 4.38. The van der Waals surface area contributed by atoms with E-state index in [4.69, 9.17) is 14.2 Å². The predicted octanol–water partition coefficient (Wildman–Crippen LogP) is 2.04. The molecule has 1 atom stereocenters. The summed E-state index contributed by atoms with van der Waals surface area (Å²) >= 11 is 0. The zero-order valence-electron chi connectivity index (χ0n) is 15.0. The highest BCUT2D eigenvalue weighted by Crippen LogP contribution is 2.37. The fourth-order valence-corrected chi connectivity index (χ4v) is 3.96. The molecule has 3 aliphatic heterocycles. The molecule has 140 valence electrons. The number of benzene rings is 1. The Balaban J connectivity index is 1.39. The number of likely N-dealkylation sites (tertiary alicyclic amines) is 1. The number of nitrogens with zero attached hydrogens (tertiary/aromatic N) is 2. The average molecular weight is 360 g/mol. The second kappa shape index (κ2) is 6.70. The van der Waals surface area contributed by atoms with Gasteiger partial charge < -0.3 is 24.0 Å². The van der Waals surface area contributed by atoms with Gasteiger partial charge in [0, 0.05) is 26.1 Å². The zero-order chi connectivity index (χ0) is 18.1. The van der Waals surface area contributed by atoms with Gasteiger partial charge in [-0.05, 0) is 36.0 Å². The Morgan fingerprint density at radius 1 is 1.08 bits per heavy atom. The van der Waals surface area contributed by atoms with E-state index in [0.717, 1.165) is 24.3 Å². The third-order valence-electron chi connectivity index (χ3n) is 5.42. The summed E-state index contributed by atoms with van der Waals surface area (Å²) in [6.07, 6.45) is 2.00. The lowest BCUT2D eigenvalue weighted by atomic mass is 9.76. The van der Waals surface area contributed by atoms with Crippen molar-refractivity contribution in [3.63, 3.8) is 0 Å². The van der Waals surface area contributed by atoms with Crippen molar-refractivity contribution in [3.05, 3.63) is 23.8 Å². The first-order valence-corrected chi connectivity index (χ1v) is 9.10. The van der Waals surface area contributed by atoms with E-state index in [2.05, 4.69) is 13.0 Å². The molecule has 7 heteroatoms. The lowest BCUT2D eigenvalue weighted by Crippen LogP contribution is -2.48. The van der Waals surface area contributed by atoms with Crippen molar-refractivity contribution in [2.24, 2.45) is 5.41 Å². The number of carbonyl (C=O) groups is 2. The summed E-state index contributed by atoms with van der Waals surface area (Å²) in [5.41, 5.74) is 1.20. The summed E-state index contributed by atoms with van der Waals surface area (Å²) in [5.74, 6) is 1.75. The molecule has 0 aromatic heterocycles. The van der Waals surface area contributed by atoms with E-state index >= 15 is 0 Å². The Morgan fingerprint density at radius 3 is 2.69 bits per heavy atom. The Morgan fingerprint density at radius 2 is 1.88 bits per heavy atom. The third kappa shape index (κ3) is 3.43. The molecule has 0 saturated carbocycles. The van der Waals surface area contributed by atoms with E-state index in [-0.39, 0.29) is 24.2 Å². The molecule has 0 bridgehead atoms. The van der Waals surface area contributed by atoms with Crippen LogP contribution in [0.3, 0.4) is 0 Å². The SMILES string of the molecule is C[C@@]1(Cc2ccc3c(c2)OCO3)CCC(=O)N(CCN2CCOC2=O)C1. The van der Waals surface area contributed by atoms with Gasteiger partial charge in [-0.25, -0.2) is 4.79 Å². The highest BCUT2D eigenvalue weighted by molar-refractivity contribution is 5.77. The summed E-state index contributed by atoms with van der Waals surface area (Å²) < 4.78 is 15.8. The lowest BCUT2D eigenvalue weighted by Gasteiger charge is -2.41. The molecule has 0 unspecified atom stereocenters. The molecule has 4 rings (SSSR count). The number of hydrogen-bond donors (Lipinski definition) is 0. The second-order valence-corrected chi connectivity index (χ2v) is 7.59. The van der Waals surface area contributed by atoms with Crippen LogP contribution < -0.4 is 9.47 Å². The maximum atomic E-state index is 12.3. The first-order chi connectivity index (χ1) is 12.5. The van der Waals surface area contributed by atoms with Crippen molar-refractivity contribution in [1.29, 1.82) is 0 Å². The normalized spacial score (nSPS) is 25.0. The van der Waals surface area contributed by atoms with Crippen LogP contribution in [0.25, 0.3) is 0 Å². The molecule has 7 nitrogen and oxygen atoms in total. The minimum absolute atomic E-state index is 0.00707. The second-order valence-electron chi connectivity index (χ2n) is 7.59. The number of amides is 2. The highest BCUT2D eigenvalue weighted by atomic mass is 16.7. The molecule has 1 aromatic carbocycles. The lowest BCUT2D eigenvalue weighted by molar-refractivity contribution is -0.137. The number of hydrogen-bond acceptors (Lipinski definition) is 5. The molecule has 2 saturated heterocycles. The van der Waals surface area contributed by atoms with E-state index in [0.29, 0.717) is 39.2 Å².